The van der Waals surface area contributed by atoms with Gasteiger partial charge < -0.3 is 9.30 Å². The predicted octanol–water partition coefficient (Wildman–Crippen LogP) is 2.95. The van der Waals surface area contributed by atoms with Crippen LogP contribution >= 0.6 is 27.3 Å². The lowest BCUT2D eigenvalue weighted by Crippen LogP contribution is -2.19. The third-order valence-corrected chi connectivity index (χ3v) is 4.22. The number of rotatable bonds is 4. The van der Waals surface area contributed by atoms with Gasteiger partial charge in [0.15, 0.2) is 4.80 Å². The van der Waals surface area contributed by atoms with E-state index in [1.807, 2.05) is 29.7 Å². The summed E-state index contributed by atoms with van der Waals surface area (Å²) in [6.07, 6.45) is 0.419. The van der Waals surface area contributed by atoms with Crippen molar-refractivity contribution in [3.63, 3.8) is 0 Å². The van der Waals surface area contributed by atoms with E-state index in [0.717, 1.165) is 19.5 Å². The second kappa shape index (κ2) is 6.45. The molecule has 0 N–H and O–H groups in total. The Bertz CT molecular complexity index is 660. The van der Waals surface area contributed by atoms with E-state index in [4.69, 9.17) is 4.74 Å². The van der Waals surface area contributed by atoms with E-state index in [9.17, 15) is 4.79 Å². The third kappa shape index (κ3) is 3.32. The van der Waals surface area contributed by atoms with Crippen LogP contribution in [-0.4, -0.2) is 24.2 Å². The van der Waals surface area contributed by atoms with Crippen molar-refractivity contribution in [1.29, 1.82) is 0 Å². The molecule has 1 heterocycles. The van der Waals surface area contributed by atoms with Crippen LogP contribution in [0.25, 0.3) is 10.2 Å². The first-order valence-electron chi connectivity index (χ1n) is 6.01. The molecule has 0 aliphatic heterocycles. The van der Waals surface area contributed by atoms with Crippen molar-refractivity contribution in [3.8, 4) is 0 Å². The molecule has 2 rings (SSSR count). The van der Waals surface area contributed by atoms with Gasteiger partial charge in [-0.05, 0) is 18.2 Å². The number of hydrogen-bond donors (Lipinski definition) is 0. The second-order valence-electron chi connectivity index (χ2n) is 4.00. The molecule has 0 spiro atoms. The van der Waals surface area contributed by atoms with E-state index in [1.165, 1.54) is 11.3 Å². The number of thiazole rings is 1. The maximum atomic E-state index is 11.5. The summed E-state index contributed by atoms with van der Waals surface area (Å²) in [6, 6.07) is 6.06. The summed E-state index contributed by atoms with van der Waals surface area (Å²) in [4.78, 5) is 16.4. The summed E-state index contributed by atoms with van der Waals surface area (Å²) in [5, 5.41) is 0. The zero-order chi connectivity index (χ0) is 13.8. The third-order valence-electron chi connectivity index (χ3n) is 2.69. The number of fused-ring (bicyclic) bond motifs is 1. The number of carbonyl (C=O) groups excluding carboxylic acids is 1. The van der Waals surface area contributed by atoms with Gasteiger partial charge in [-0.1, -0.05) is 34.2 Å². The van der Waals surface area contributed by atoms with E-state index in [1.54, 1.807) is 7.11 Å². The Labute approximate surface area is 123 Å². The Morgan fingerprint density at radius 2 is 2.32 bits per heavy atom. The Morgan fingerprint density at radius 3 is 3.00 bits per heavy atom. The van der Waals surface area contributed by atoms with Crippen LogP contribution < -0.4 is 4.80 Å². The summed E-state index contributed by atoms with van der Waals surface area (Å²) in [6.45, 7) is 3.10. The van der Waals surface area contributed by atoms with Crippen LogP contribution in [0.3, 0.4) is 0 Å². The maximum absolute atomic E-state index is 11.5. The molecule has 0 saturated heterocycles. The monoisotopic (exact) mass is 342 g/mol. The molecule has 6 heteroatoms. The molecule has 19 heavy (non-hydrogen) atoms. The number of carbonyl (C=O) groups is 1. The van der Waals surface area contributed by atoms with Gasteiger partial charge in [-0.15, -0.1) is 0 Å². The molecule has 0 saturated carbocycles. The fourth-order valence-electron chi connectivity index (χ4n) is 1.72. The van der Waals surface area contributed by atoms with Crippen molar-refractivity contribution in [3.05, 3.63) is 27.5 Å². The highest BCUT2D eigenvalue weighted by Gasteiger charge is 2.07. The Hall–Kier alpha value is -0.980. The zero-order valence-electron chi connectivity index (χ0n) is 10.9. The Morgan fingerprint density at radius 1 is 1.53 bits per heavy atom. The topological polar surface area (TPSA) is 43.6 Å². The van der Waals surface area contributed by atoms with Gasteiger partial charge in [-0.2, -0.15) is 4.99 Å². The van der Waals surface area contributed by atoms with Crippen LogP contribution in [0, 0.1) is 0 Å². The van der Waals surface area contributed by atoms with Crippen molar-refractivity contribution in [1.82, 2.24) is 4.57 Å². The van der Waals surface area contributed by atoms with Crippen molar-refractivity contribution in [2.75, 3.05) is 13.7 Å². The van der Waals surface area contributed by atoms with Gasteiger partial charge in [0.05, 0.1) is 16.8 Å². The van der Waals surface area contributed by atoms with E-state index >= 15 is 0 Å². The van der Waals surface area contributed by atoms with Crippen LogP contribution in [0.1, 0.15) is 13.3 Å². The number of hydrogen-bond acceptors (Lipinski definition) is 3. The Balaban J connectivity index is 2.60. The lowest BCUT2D eigenvalue weighted by molar-refractivity contribution is -0.117. The van der Waals surface area contributed by atoms with Crippen LogP contribution in [-0.2, 0) is 16.1 Å². The van der Waals surface area contributed by atoms with Gasteiger partial charge in [0.25, 0.3) is 0 Å². The molecule has 4 nitrogen and oxygen atoms in total. The first kappa shape index (κ1) is 14.4. The number of halogens is 1. The number of benzene rings is 1. The van der Waals surface area contributed by atoms with Gasteiger partial charge in [0.2, 0.25) is 5.91 Å². The van der Waals surface area contributed by atoms with Gasteiger partial charge in [0.1, 0.15) is 0 Å². The van der Waals surface area contributed by atoms with Crippen molar-refractivity contribution in [2.45, 2.75) is 19.9 Å². The molecule has 0 aliphatic rings. The van der Waals surface area contributed by atoms with E-state index in [0.29, 0.717) is 19.6 Å². The number of ether oxygens (including phenoxy) is 1. The molecular weight excluding hydrogens is 328 g/mol. The lowest BCUT2D eigenvalue weighted by Gasteiger charge is -2.03. The smallest absolute Gasteiger partial charge is 0.248 e. The average Bonchev–Trinajstić information content (AvgIpc) is 2.72. The molecule has 1 amide bonds. The fourth-order valence-corrected chi connectivity index (χ4v) is 3.34. The maximum Gasteiger partial charge on any atom is 0.248 e. The first-order valence-corrected chi connectivity index (χ1v) is 7.62. The first-order chi connectivity index (χ1) is 9.15. The van der Waals surface area contributed by atoms with Crippen LogP contribution in [0.4, 0.5) is 0 Å². The molecule has 0 unspecified atom stereocenters. The average molecular weight is 343 g/mol. The van der Waals surface area contributed by atoms with Crippen molar-refractivity contribution in [2.24, 2.45) is 4.99 Å². The standard InChI is InChI=1S/C13H15BrN2O2S/c1-3-12(17)15-13-16(6-7-18-2)10-5-4-9(14)8-11(10)19-13/h4-5,8H,3,6-7H2,1-2H3. The van der Waals surface area contributed by atoms with Crippen LogP contribution in [0.15, 0.2) is 27.7 Å². The quantitative estimate of drug-likeness (QED) is 0.857. The van der Waals surface area contributed by atoms with Gasteiger partial charge in [-0.3, -0.25) is 4.79 Å². The molecule has 0 aliphatic carbocycles. The summed E-state index contributed by atoms with van der Waals surface area (Å²) < 4.78 is 9.28. The SMILES string of the molecule is CCC(=O)N=c1sc2cc(Br)ccc2n1CCOC. The van der Waals surface area contributed by atoms with Crippen LogP contribution in [0.5, 0.6) is 0 Å². The van der Waals surface area contributed by atoms with Crippen LogP contribution in [0.2, 0.25) is 0 Å². The largest absolute Gasteiger partial charge is 0.383 e. The van der Waals surface area contributed by atoms with E-state index in [-0.39, 0.29) is 5.91 Å². The predicted molar refractivity (Wildman–Crippen MR) is 80.3 cm³/mol. The highest BCUT2D eigenvalue weighted by molar-refractivity contribution is 9.10. The van der Waals surface area contributed by atoms with Crippen molar-refractivity contribution >= 4 is 43.4 Å². The molecule has 0 fully saturated rings. The molecule has 1 aromatic heterocycles. The lowest BCUT2D eigenvalue weighted by atomic mass is 10.3. The molecule has 0 bridgehead atoms. The zero-order valence-corrected chi connectivity index (χ0v) is 13.3. The molecule has 2 aromatic rings. The van der Waals surface area contributed by atoms with Gasteiger partial charge in [0, 0.05) is 24.5 Å². The summed E-state index contributed by atoms with van der Waals surface area (Å²) in [5.41, 5.74) is 1.08. The summed E-state index contributed by atoms with van der Waals surface area (Å²) >= 11 is 4.98. The number of aromatic nitrogens is 1. The fraction of sp³-hybridized carbons (Fsp3) is 0.385. The number of nitrogens with zero attached hydrogens (tertiary/aromatic N) is 2. The molecule has 1 aromatic carbocycles. The normalized spacial score (nSPS) is 12.3. The molecular formula is C13H15BrN2O2S. The van der Waals surface area contributed by atoms with Gasteiger partial charge >= 0.3 is 0 Å². The minimum atomic E-state index is -0.100. The second-order valence-corrected chi connectivity index (χ2v) is 5.92. The van der Waals surface area contributed by atoms with Crippen molar-refractivity contribution < 1.29 is 9.53 Å². The van der Waals surface area contributed by atoms with Gasteiger partial charge in [-0.25, -0.2) is 0 Å². The molecule has 0 radical (unpaired) electrons. The highest BCUT2D eigenvalue weighted by atomic mass is 79.9. The molecule has 0 atom stereocenters. The summed E-state index contributed by atoms with van der Waals surface area (Å²) in [7, 11) is 1.67. The Kier molecular flexibility index (Phi) is 4.90. The molecule has 102 valence electrons. The van der Waals surface area contributed by atoms with E-state index < -0.39 is 0 Å². The summed E-state index contributed by atoms with van der Waals surface area (Å²) in [5.74, 6) is -0.100. The van der Waals surface area contributed by atoms with E-state index in [2.05, 4.69) is 20.9 Å². The minimum absolute atomic E-state index is 0.100. The minimum Gasteiger partial charge on any atom is -0.383 e. The highest BCUT2D eigenvalue weighted by Crippen LogP contribution is 2.22. The number of amides is 1. The number of methoxy groups -OCH3 is 1.